The highest BCUT2D eigenvalue weighted by molar-refractivity contribution is 6.05. The van der Waals surface area contributed by atoms with Crippen molar-refractivity contribution in [1.82, 2.24) is 9.78 Å². The minimum atomic E-state index is -3.04. The number of terminal acetylenes is 1. The van der Waals surface area contributed by atoms with E-state index in [2.05, 4.69) is 11.0 Å². The number of alkyl halides is 2. The first-order chi connectivity index (χ1) is 13.9. The molecule has 2 aromatic carbocycles. The summed E-state index contributed by atoms with van der Waals surface area (Å²) in [5, 5.41) is 4.84. The molecule has 0 radical (unpaired) electrons. The summed E-state index contributed by atoms with van der Waals surface area (Å²) in [5.74, 6) is 1.22. The van der Waals surface area contributed by atoms with Gasteiger partial charge in [-0.3, -0.25) is 4.79 Å². The van der Waals surface area contributed by atoms with Crippen molar-refractivity contribution in [2.45, 2.75) is 31.9 Å². The number of hydrogen-bond donors (Lipinski definition) is 1. The van der Waals surface area contributed by atoms with E-state index in [4.69, 9.17) is 16.9 Å². The van der Waals surface area contributed by atoms with Gasteiger partial charge in [0.25, 0.3) is 0 Å². The first kappa shape index (κ1) is 18.9. The van der Waals surface area contributed by atoms with E-state index in [9.17, 15) is 18.0 Å². The molecule has 1 amide bonds. The number of halogens is 3. The molecule has 1 saturated carbocycles. The first-order valence-corrected chi connectivity index (χ1v) is 8.91. The Bertz CT molecular complexity index is 1160. The van der Waals surface area contributed by atoms with Gasteiger partial charge in [0.15, 0.2) is 5.75 Å². The largest absolute Gasteiger partial charge is 0.433 e. The Balaban J connectivity index is 2.05. The average molecular weight is 399 g/mol. The van der Waals surface area contributed by atoms with Crippen molar-refractivity contribution in [1.29, 1.82) is 0 Å². The highest BCUT2D eigenvalue weighted by atomic mass is 19.3. The van der Waals surface area contributed by atoms with Gasteiger partial charge < -0.3 is 10.5 Å². The van der Waals surface area contributed by atoms with Gasteiger partial charge in [0, 0.05) is 16.5 Å². The minimum absolute atomic E-state index is 0.0277. The lowest BCUT2D eigenvalue weighted by molar-refractivity contribution is -0.0490. The Hall–Kier alpha value is -3.47. The van der Waals surface area contributed by atoms with Crippen LogP contribution in [0.5, 0.6) is 5.75 Å². The van der Waals surface area contributed by atoms with E-state index in [1.165, 1.54) is 10.7 Å². The third-order valence-electron chi connectivity index (χ3n) is 4.84. The normalized spacial score (nSPS) is 13.6. The zero-order valence-electron chi connectivity index (χ0n) is 15.2. The highest BCUT2D eigenvalue weighted by Gasteiger charge is 2.28. The summed E-state index contributed by atoms with van der Waals surface area (Å²) in [6, 6.07) is 6.88. The highest BCUT2D eigenvalue weighted by Crippen LogP contribution is 2.45. The topological polar surface area (TPSA) is 70.1 Å². The molecule has 0 saturated heterocycles. The van der Waals surface area contributed by atoms with Crippen LogP contribution in [0, 0.1) is 18.2 Å². The number of carbonyl (C=O) groups excluding carboxylic acids is 1. The standard InChI is InChI=1S/C21H16F3N3O2/c1-2-7-27-19-16(8-12(11-3-4-11)9-17(19)29-21(23)24)18(26-27)15-10-13(22)5-6-14(15)20(25)28/h1,5-6,8-11,21H,3-4,7H2,(H2,25,28). The van der Waals surface area contributed by atoms with Crippen LogP contribution >= 0.6 is 0 Å². The van der Waals surface area contributed by atoms with Crippen molar-refractivity contribution in [3.05, 3.63) is 47.3 Å². The number of benzene rings is 2. The van der Waals surface area contributed by atoms with E-state index in [0.29, 0.717) is 5.39 Å². The second kappa shape index (κ2) is 7.17. The predicted molar refractivity (Wildman–Crippen MR) is 101 cm³/mol. The van der Waals surface area contributed by atoms with E-state index < -0.39 is 18.3 Å². The molecule has 0 bridgehead atoms. The summed E-state index contributed by atoms with van der Waals surface area (Å²) in [7, 11) is 0. The second-order valence-corrected chi connectivity index (χ2v) is 6.83. The molecule has 3 aromatic rings. The molecule has 1 heterocycles. The van der Waals surface area contributed by atoms with Crippen molar-refractivity contribution in [3.8, 4) is 29.4 Å². The Morgan fingerprint density at radius 1 is 1.34 bits per heavy atom. The number of nitrogens with zero attached hydrogens (tertiary/aromatic N) is 2. The van der Waals surface area contributed by atoms with Crippen LogP contribution < -0.4 is 10.5 Å². The van der Waals surface area contributed by atoms with Crippen molar-refractivity contribution in [2.24, 2.45) is 5.73 Å². The molecule has 0 spiro atoms. The third kappa shape index (κ3) is 3.51. The lowest BCUT2D eigenvalue weighted by Crippen LogP contribution is -2.12. The minimum Gasteiger partial charge on any atom is -0.433 e. The van der Waals surface area contributed by atoms with Crippen LogP contribution in [0.25, 0.3) is 22.2 Å². The zero-order valence-corrected chi connectivity index (χ0v) is 15.2. The number of fused-ring (bicyclic) bond motifs is 1. The summed E-state index contributed by atoms with van der Waals surface area (Å²) >= 11 is 0. The van der Waals surface area contributed by atoms with Crippen molar-refractivity contribution >= 4 is 16.8 Å². The Morgan fingerprint density at radius 3 is 2.72 bits per heavy atom. The van der Waals surface area contributed by atoms with Crippen molar-refractivity contribution in [3.63, 3.8) is 0 Å². The number of rotatable bonds is 6. The molecule has 8 heteroatoms. The van der Waals surface area contributed by atoms with E-state index in [1.54, 1.807) is 12.1 Å². The fourth-order valence-corrected chi connectivity index (χ4v) is 3.47. The molecule has 1 fully saturated rings. The van der Waals surface area contributed by atoms with Crippen LogP contribution in [0.3, 0.4) is 0 Å². The SMILES string of the molecule is C#CCn1nc(-c2cc(F)ccc2C(N)=O)c2cc(C3CC3)cc(OC(F)F)c21. The quantitative estimate of drug-likeness (QED) is 0.636. The van der Waals surface area contributed by atoms with E-state index >= 15 is 0 Å². The number of primary amides is 1. The van der Waals surface area contributed by atoms with E-state index in [1.807, 2.05) is 0 Å². The van der Waals surface area contributed by atoms with Crippen LogP contribution in [0.1, 0.15) is 34.7 Å². The van der Waals surface area contributed by atoms with E-state index in [-0.39, 0.29) is 40.5 Å². The lowest BCUT2D eigenvalue weighted by atomic mass is 9.99. The van der Waals surface area contributed by atoms with Gasteiger partial charge in [-0.1, -0.05) is 5.92 Å². The van der Waals surface area contributed by atoms with Gasteiger partial charge in [-0.15, -0.1) is 6.42 Å². The molecular formula is C21H16F3N3O2. The van der Waals surface area contributed by atoms with Crippen LogP contribution in [0.15, 0.2) is 30.3 Å². The molecule has 0 atom stereocenters. The molecule has 1 aromatic heterocycles. The van der Waals surface area contributed by atoms with Gasteiger partial charge in [0.05, 0.1) is 0 Å². The molecule has 1 aliphatic carbocycles. The number of carbonyl (C=O) groups is 1. The summed E-state index contributed by atoms with van der Waals surface area (Å²) in [6.45, 7) is -3.07. The maximum absolute atomic E-state index is 14.0. The monoisotopic (exact) mass is 399 g/mol. The maximum Gasteiger partial charge on any atom is 0.387 e. The van der Waals surface area contributed by atoms with Gasteiger partial charge in [-0.2, -0.15) is 13.9 Å². The fourth-order valence-electron chi connectivity index (χ4n) is 3.47. The predicted octanol–water partition coefficient (Wildman–Crippen LogP) is 4.05. The maximum atomic E-state index is 14.0. The third-order valence-corrected chi connectivity index (χ3v) is 4.84. The number of ether oxygens (including phenoxy) is 1. The molecule has 4 rings (SSSR count). The molecule has 2 N–H and O–H groups in total. The van der Waals surface area contributed by atoms with Crippen molar-refractivity contribution < 1.29 is 22.7 Å². The number of nitrogens with two attached hydrogens (primary N) is 1. The number of amides is 1. The Kier molecular flexibility index (Phi) is 4.66. The molecule has 1 aliphatic rings. The average Bonchev–Trinajstić information content (AvgIpc) is 3.44. The van der Waals surface area contributed by atoms with Crippen molar-refractivity contribution in [2.75, 3.05) is 0 Å². The molecule has 5 nitrogen and oxygen atoms in total. The number of aromatic nitrogens is 2. The smallest absolute Gasteiger partial charge is 0.387 e. The molecule has 0 unspecified atom stereocenters. The summed E-state index contributed by atoms with van der Waals surface area (Å²) in [4.78, 5) is 11.9. The zero-order chi connectivity index (χ0) is 20.7. The summed E-state index contributed by atoms with van der Waals surface area (Å²) in [5.41, 5.74) is 6.96. The van der Waals surface area contributed by atoms with E-state index in [0.717, 1.165) is 30.5 Å². The van der Waals surface area contributed by atoms with Gasteiger partial charge in [0.1, 0.15) is 23.6 Å². The Labute approximate surface area is 164 Å². The molecule has 148 valence electrons. The van der Waals surface area contributed by atoms with Gasteiger partial charge in [-0.05, 0) is 54.7 Å². The first-order valence-electron chi connectivity index (χ1n) is 8.91. The van der Waals surface area contributed by atoms with Gasteiger partial charge >= 0.3 is 6.61 Å². The second-order valence-electron chi connectivity index (χ2n) is 6.83. The molecule has 29 heavy (non-hydrogen) atoms. The Morgan fingerprint density at radius 2 is 2.10 bits per heavy atom. The van der Waals surface area contributed by atoms with Crippen LogP contribution in [-0.4, -0.2) is 22.3 Å². The lowest BCUT2D eigenvalue weighted by Gasteiger charge is -2.11. The van der Waals surface area contributed by atoms with Crippen LogP contribution in [0.4, 0.5) is 13.2 Å². The van der Waals surface area contributed by atoms with Crippen LogP contribution in [-0.2, 0) is 6.54 Å². The van der Waals surface area contributed by atoms with Gasteiger partial charge in [0.2, 0.25) is 5.91 Å². The van der Waals surface area contributed by atoms with Crippen LogP contribution in [0.2, 0.25) is 0 Å². The number of hydrogen-bond acceptors (Lipinski definition) is 3. The summed E-state index contributed by atoms with van der Waals surface area (Å²) in [6.07, 6.45) is 7.27. The molecule has 0 aliphatic heterocycles. The van der Waals surface area contributed by atoms with Gasteiger partial charge in [-0.25, -0.2) is 9.07 Å². The summed E-state index contributed by atoms with van der Waals surface area (Å²) < 4.78 is 46.2. The fraction of sp³-hybridized carbons (Fsp3) is 0.238. The molecular weight excluding hydrogens is 383 g/mol.